The molecule has 2 aromatic carbocycles. The highest BCUT2D eigenvalue weighted by Crippen LogP contribution is 2.35. The Morgan fingerprint density at radius 1 is 1.07 bits per heavy atom. The van der Waals surface area contributed by atoms with Crippen LogP contribution >= 0.6 is 11.8 Å². The summed E-state index contributed by atoms with van der Waals surface area (Å²) in [6.07, 6.45) is 3.32. The van der Waals surface area contributed by atoms with Gasteiger partial charge in [-0.05, 0) is 55.5 Å². The van der Waals surface area contributed by atoms with Crippen LogP contribution in [0.2, 0.25) is 0 Å². The highest BCUT2D eigenvalue weighted by Gasteiger charge is 2.22. The second kappa shape index (κ2) is 8.29. The predicted octanol–water partition coefficient (Wildman–Crippen LogP) is 4.61. The molecule has 1 atom stereocenters. The molecule has 150 valence electrons. The van der Waals surface area contributed by atoms with Crippen molar-refractivity contribution in [2.24, 2.45) is 0 Å². The van der Waals surface area contributed by atoms with Crippen LogP contribution in [0.3, 0.4) is 0 Å². The summed E-state index contributed by atoms with van der Waals surface area (Å²) in [6, 6.07) is 11.4. The number of methoxy groups -OCH3 is 2. The van der Waals surface area contributed by atoms with E-state index in [2.05, 4.69) is 16.3 Å². The largest absolute Gasteiger partial charge is 0.497 e. The molecule has 0 bridgehead atoms. The number of hydrogen-bond acceptors (Lipinski definition) is 7. The molecule has 0 saturated carbocycles. The van der Waals surface area contributed by atoms with E-state index in [0.717, 1.165) is 24.8 Å². The summed E-state index contributed by atoms with van der Waals surface area (Å²) in [5, 5.41) is 8.22. The Hall–Kier alpha value is -2.80. The van der Waals surface area contributed by atoms with Gasteiger partial charge in [0.2, 0.25) is 0 Å². The Morgan fingerprint density at radius 2 is 1.90 bits per heavy atom. The van der Waals surface area contributed by atoms with Crippen molar-refractivity contribution >= 4 is 17.5 Å². The van der Waals surface area contributed by atoms with Crippen molar-refractivity contribution in [2.45, 2.75) is 36.7 Å². The minimum atomic E-state index is -0.333. The monoisotopic (exact) mass is 410 g/mol. The van der Waals surface area contributed by atoms with Gasteiger partial charge in [0, 0.05) is 11.6 Å². The Bertz CT molecular complexity index is 1050. The van der Waals surface area contributed by atoms with Crippen LogP contribution in [0.4, 0.5) is 0 Å². The first kappa shape index (κ1) is 19.5. The zero-order valence-electron chi connectivity index (χ0n) is 16.6. The minimum absolute atomic E-state index is 0.0616. The molecule has 0 fully saturated rings. The summed E-state index contributed by atoms with van der Waals surface area (Å²) in [6.45, 7) is 1.86. The van der Waals surface area contributed by atoms with E-state index in [1.165, 1.54) is 22.9 Å². The number of Topliss-reactive ketones (excluding diaryl/α,β-unsaturated/α-hetero) is 1. The van der Waals surface area contributed by atoms with Gasteiger partial charge in [-0.3, -0.25) is 4.79 Å². The van der Waals surface area contributed by atoms with Gasteiger partial charge in [-0.2, -0.15) is 0 Å². The zero-order valence-corrected chi connectivity index (χ0v) is 17.4. The van der Waals surface area contributed by atoms with Crippen molar-refractivity contribution in [1.29, 1.82) is 0 Å². The maximum Gasteiger partial charge on any atom is 0.277 e. The Balaban J connectivity index is 1.49. The zero-order chi connectivity index (χ0) is 20.4. The lowest BCUT2D eigenvalue weighted by molar-refractivity contribution is 0.0993. The van der Waals surface area contributed by atoms with E-state index in [0.29, 0.717) is 28.2 Å². The Morgan fingerprint density at radius 3 is 2.69 bits per heavy atom. The highest BCUT2D eigenvalue weighted by atomic mass is 32.2. The molecule has 0 aliphatic heterocycles. The highest BCUT2D eigenvalue weighted by molar-refractivity contribution is 8.00. The molecule has 1 aliphatic carbocycles. The van der Waals surface area contributed by atoms with Gasteiger partial charge in [0.05, 0.1) is 25.0 Å². The van der Waals surface area contributed by atoms with Crippen LogP contribution in [0.25, 0.3) is 11.5 Å². The number of nitrogens with zero attached hydrogens (tertiary/aromatic N) is 2. The van der Waals surface area contributed by atoms with Gasteiger partial charge in [0.15, 0.2) is 5.78 Å². The van der Waals surface area contributed by atoms with Gasteiger partial charge in [-0.15, -0.1) is 10.2 Å². The quantitative estimate of drug-likeness (QED) is 0.416. The smallest absolute Gasteiger partial charge is 0.277 e. The number of carbonyl (C=O) groups is 1. The number of ether oxygens (including phenoxy) is 2. The number of thioether (sulfide) groups is 1. The second-order valence-corrected chi connectivity index (χ2v) is 8.19. The van der Waals surface area contributed by atoms with Crippen molar-refractivity contribution in [1.82, 2.24) is 10.2 Å². The molecule has 0 radical (unpaired) electrons. The second-order valence-electron chi connectivity index (χ2n) is 6.90. The van der Waals surface area contributed by atoms with Crippen LogP contribution in [-0.2, 0) is 12.8 Å². The summed E-state index contributed by atoms with van der Waals surface area (Å²) in [4.78, 5) is 12.9. The summed E-state index contributed by atoms with van der Waals surface area (Å²) < 4.78 is 16.4. The van der Waals surface area contributed by atoms with Crippen LogP contribution in [0.5, 0.6) is 11.5 Å². The first-order valence-electron chi connectivity index (χ1n) is 9.47. The molecule has 3 aromatic rings. The molecule has 0 saturated heterocycles. The summed E-state index contributed by atoms with van der Waals surface area (Å²) in [5.41, 5.74) is 4.06. The van der Waals surface area contributed by atoms with Gasteiger partial charge in [-0.25, -0.2) is 0 Å². The number of rotatable bonds is 7. The van der Waals surface area contributed by atoms with Crippen molar-refractivity contribution < 1.29 is 18.7 Å². The van der Waals surface area contributed by atoms with E-state index in [-0.39, 0.29) is 11.0 Å². The van der Waals surface area contributed by atoms with Gasteiger partial charge < -0.3 is 13.9 Å². The normalized spacial score (nSPS) is 13.8. The molecular formula is C22H22N2O4S. The fourth-order valence-corrected chi connectivity index (χ4v) is 4.27. The Kier molecular flexibility index (Phi) is 5.58. The van der Waals surface area contributed by atoms with Crippen LogP contribution in [-0.4, -0.2) is 35.5 Å². The lowest BCUT2D eigenvalue weighted by Gasteiger charge is -2.09. The van der Waals surface area contributed by atoms with Crippen molar-refractivity contribution in [3.05, 3.63) is 53.1 Å². The van der Waals surface area contributed by atoms with Gasteiger partial charge in [0.25, 0.3) is 11.1 Å². The molecule has 0 spiro atoms. The van der Waals surface area contributed by atoms with Crippen molar-refractivity contribution in [3.8, 4) is 23.0 Å². The van der Waals surface area contributed by atoms with E-state index < -0.39 is 0 Å². The number of ketones is 1. The first-order chi connectivity index (χ1) is 14.1. The molecule has 0 unspecified atom stereocenters. The van der Waals surface area contributed by atoms with E-state index in [1.54, 1.807) is 32.4 Å². The van der Waals surface area contributed by atoms with Crippen molar-refractivity contribution in [3.63, 3.8) is 0 Å². The lowest BCUT2D eigenvalue weighted by Crippen LogP contribution is -2.13. The average Bonchev–Trinajstić information content (AvgIpc) is 3.41. The van der Waals surface area contributed by atoms with E-state index in [9.17, 15) is 4.79 Å². The number of hydrogen-bond donors (Lipinski definition) is 0. The molecule has 0 amide bonds. The molecule has 29 heavy (non-hydrogen) atoms. The minimum Gasteiger partial charge on any atom is -0.497 e. The summed E-state index contributed by atoms with van der Waals surface area (Å²) in [5.74, 6) is 1.65. The Labute approximate surface area is 173 Å². The summed E-state index contributed by atoms with van der Waals surface area (Å²) in [7, 11) is 3.16. The number of fused-ring (bicyclic) bond motifs is 1. The number of carbonyl (C=O) groups excluding carboxylic acids is 1. The first-order valence-corrected chi connectivity index (χ1v) is 10.4. The van der Waals surface area contributed by atoms with Crippen molar-refractivity contribution in [2.75, 3.05) is 14.2 Å². The molecule has 1 aromatic heterocycles. The van der Waals surface area contributed by atoms with Gasteiger partial charge in [-0.1, -0.05) is 23.9 Å². The predicted molar refractivity (Wildman–Crippen MR) is 111 cm³/mol. The standard InChI is InChI=1S/C22H22N2O4S/c1-13(20(25)16-8-7-14-5-4-6-15(14)11-16)29-22-24-23-21(28-22)18-10-9-17(26-2)12-19(18)27-3/h7-13H,4-6H2,1-3H3/t13-/m0/s1. The molecule has 7 heteroatoms. The SMILES string of the molecule is COc1ccc(-c2nnc(S[C@@H](C)C(=O)c3ccc4c(c3)CCC4)o2)c(OC)c1. The topological polar surface area (TPSA) is 74.5 Å². The molecule has 1 heterocycles. The van der Waals surface area contributed by atoms with Crippen LogP contribution in [0.1, 0.15) is 34.8 Å². The third-order valence-electron chi connectivity index (χ3n) is 5.08. The van der Waals surface area contributed by atoms with E-state index >= 15 is 0 Å². The molecule has 1 aliphatic rings. The van der Waals surface area contributed by atoms with Gasteiger partial charge in [0.1, 0.15) is 11.5 Å². The summed E-state index contributed by atoms with van der Waals surface area (Å²) >= 11 is 1.26. The average molecular weight is 410 g/mol. The van der Waals surface area contributed by atoms with Crippen LogP contribution < -0.4 is 9.47 Å². The van der Waals surface area contributed by atoms with Crippen LogP contribution in [0, 0.1) is 0 Å². The van der Waals surface area contributed by atoms with E-state index in [4.69, 9.17) is 13.9 Å². The number of aryl methyl sites for hydroxylation is 2. The fourth-order valence-electron chi connectivity index (χ4n) is 3.51. The molecule has 6 nitrogen and oxygen atoms in total. The van der Waals surface area contributed by atoms with E-state index in [1.807, 2.05) is 19.1 Å². The number of aromatic nitrogens is 2. The fraction of sp³-hybridized carbons (Fsp3) is 0.318. The third-order valence-corrected chi connectivity index (χ3v) is 6.01. The maximum absolute atomic E-state index is 12.9. The van der Waals surface area contributed by atoms with Crippen LogP contribution in [0.15, 0.2) is 46.0 Å². The lowest BCUT2D eigenvalue weighted by atomic mass is 10.0. The number of benzene rings is 2. The van der Waals surface area contributed by atoms with Gasteiger partial charge >= 0.3 is 0 Å². The third kappa shape index (κ3) is 4.00. The maximum atomic E-state index is 12.9. The molecular weight excluding hydrogens is 388 g/mol. The molecule has 4 rings (SSSR count). The molecule has 0 N–H and O–H groups in total.